The van der Waals surface area contributed by atoms with Crippen LogP contribution in [0.4, 0.5) is 14.5 Å². The zero-order chi connectivity index (χ0) is 12.2. The van der Waals surface area contributed by atoms with Crippen molar-refractivity contribution in [2.24, 2.45) is 5.73 Å². The maximum atomic E-state index is 12.0. The molecule has 90 valence electrons. The molecule has 0 aliphatic rings. The van der Waals surface area contributed by atoms with Crippen LogP contribution in [0.5, 0.6) is 0 Å². The third kappa shape index (κ3) is 3.42. The van der Waals surface area contributed by atoms with E-state index >= 15 is 0 Å². The second-order valence-corrected chi connectivity index (χ2v) is 4.79. The molecule has 0 aliphatic heterocycles. The number of nitrogens with one attached hydrogen (secondary N) is 1. The minimum absolute atomic E-state index is 0.112. The summed E-state index contributed by atoms with van der Waals surface area (Å²) in [7, 11) is -4.58. The second kappa shape index (κ2) is 5.22. The Labute approximate surface area is 92.5 Å². The normalized spacial score (nSPS) is 11.8. The zero-order valence-electron chi connectivity index (χ0n) is 8.36. The van der Waals surface area contributed by atoms with Crippen LogP contribution in [0.2, 0.25) is 0 Å². The van der Waals surface area contributed by atoms with Crippen molar-refractivity contribution < 1.29 is 17.2 Å². The number of sulfonamides is 1. The highest BCUT2D eigenvalue weighted by atomic mass is 32.2. The molecule has 0 bridgehead atoms. The van der Waals surface area contributed by atoms with Gasteiger partial charge in [0.15, 0.2) is 0 Å². The summed E-state index contributed by atoms with van der Waals surface area (Å²) in [6, 6.07) is 6.11. The van der Waals surface area contributed by atoms with Crippen molar-refractivity contribution in [1.29, 1.82) is 0 Å². The van der Waals surface area contributed by atoms with E-state index < -0.39 is 15.8 Å². The van der Waals surface area contributed by atoms with E-state index in [2.05, 4.69) is 0 Å². The lowest BCUT2D eigenvalue weighted by Gasteiger charge is -2.07. The molecule has 1 rings (SSSR count). The average molecular weight is 250 g/mol. The smallest absolute Gasteiger partial charge is 0.330 e. The number of benzene rings is 1. The van der Waals surface area contributed by atoms with Crippen molar-refractivity contribution >= 4 is 15.7 Å². The Hall–Kier alpha value is -1.21. The summed E-state index contributed by atoms with van der Waals surface area (Å²) in [5, 5.41) is 0. The van der Waals surface area contributed by atoms with E-state index in [9.17, 15) is 17.2 Å². The van der Waals surface area contributed by atoms with Crippen molar-refractivity contribution in [2.75, 3.05) is 11.3 Å². The Kier molecular flexibility index (Phi) is 4.19. The zero-order valence-corrected chi connectivity index (χ0v) is 9.18. The SMILES string of the molecule is NCCc1ccc(NS(=O)(=O)C(F)F)cc1. The van der Waals surface area contributed by atoms with Crippen LogP contribution < -0.4 is 10.5 Å². The van der Waals surface area contributed by atoms with Gasteiger partial charge in [-0.1, -0.05) is 12.1 Å². The highest BCUT2D eigenvalue weighted by molar-refractivity contribution is 7.93. The van der Waals surface area contributed by atoms with E-state index in [-0.39, 0.29) is 5.69 Å². The molecule has 0 saturated carbocycles. The number of rotatable bonds is 5. The number of halogens is 2. The lowest BCUT2D eigenvalue weighted by molar-refractivity contribution is 0.236. The minimum Gasteiger partial charge on any atom is -0.330 e. The highest BCUT2D eigenvalue weighted by Gasteiger charge is 2.23. The second-order valence-electron chi connectivity index (χ2n) is 3.14. The summed E-state index contributed by atoms with van der Waals surface area (Å²) in [5.74, 6) is -3.43. The molecule has 0 aliphatic carbocycles. The molecule has 0 atom stereocenters. The molecule has 3 N–H and O–H groups in total. The van der Waals surface area contributed by atoms with Gasteiger partial charge in [-0.05, 0) is 30.7 Å². The highest BCUT2D eigenvalue weighted by Crippen LogP contribution is 2.14. The Balaban J connectivity index is 2.76. The standard InChI is InChI=1S/C9H12F2N2O2S/c10-9(11)16(14,15)13-8-3-1-7(2-4-8)5-6-12/h1-4,9,13H,5-6,12H2. The van der Waals surface area contributed by atoms with Crippen molar-refractivity contribution in [3.8, 4) is 0 Å². The van der Waals surface area contributed by atoms with Crippen LogP contribution in [-0.2, 0) is 16.4 Å². The number of anilines is 1. The van der Waals surface area contributed by atoms with Gasteiger partial charge in [0.1, 0.15) is 0 Å². The summed E-state index contributed by atoms with van der Waals surface area (Å²) in [5.41, 5.74) is 6.36. The van der Waals surface area contributed by atoms with Crippen molar-refractivity contribution in [3.05, 3.63) is 29.8 Å². The lowest BCUT2D eigenvalue weighted by atomic mass is 10.1. The molecule has 1 aromatic carbocycles. The summed E-state index contributed by atoms with van der Waals surface area (Å²) in [6.07, 6.45) is 0.655. The Bertz CT molecular complexity index is 431. The van der Waals surface area contributed by atoms with Crippen LogP contribution in [-0.4, -0.2) is 20.7 Å². The van der Waals surface area contributed by atoms with E-state index in [0.717, 1.165) is 5.56 Å². The monoisotopic (exact) mass is 250 g/mol. The quantitative estimate of drug-likeness (QED) is 0.823. The molecule has 16 heavy (non-hydrogen) atoms. The summed E-state index contributed by atoms with van der Waals surface area (Å²) in [4.78, 5) is 0. The predicted octanol–water partition coefficient (Wildman–Crippen LogP) is 1.15. The topological polar surface area (TPSA) is 72.2 Å². The van der Waals surface area contributed by atoms with Crippen LogP contribution in [0, 0.1) is 0 Å². The molecular weight excluding hydrogens is 238 g/mol. The van der Waals surface area contributed by atoms with E-state index in [1.165, 1.54) is 12.1 Å². The van der Waals surface area contributed by atoms with Gasteiger partial charge in [0.25, 0.3) is 10.0 Å². The molecule has 0 fully saturated rings. The minimum atomic E-state index is -4.58. The number of alkyl halides is 2. The fraction of sp³-hybridized carbons (Fsp3) is 0.333. The third-order valence-corrected chi connectivity index (χ3v) is 2.87. The van der Waals surface area contributed by atoms with E-state index in [1.54, 1.807) is 16.9 Å². The van der Waals surface area contributed by atoms with Gasteiger partial charge < -0.3 is 5.73 Å². The van der Waals surface area contributed by atoms with Crippen LogP contribution in [0.1, 0.15) is 5.56 Å². The lowest BCUT2D eigenvalue weighted by Crippen LogP contribution is -2.20. The molecule has 0 saturated heterocycles. The first-order valence-corrected chi connectivity index (χ1v) is 6.09. The van der Waals surface area contributed by atoms with Crippen LogP contribution >= 0.6 is 0 Å². The molecule has 0 spiro atoms. The van der Waals surface area contributed by atoms with Crippen LogP contribution in [0.3, 0.4) is 0 Å². The summed E-state index contributed by atoms with van der Waals surface area (Å²) in [6.45, 7) is 0.474. The third-order valence-electron chi connectivity index (χ3n) is 1.88. The Morgan fingerprint density at radius 2 is 1.81 bits per heavy atom. The predicted molar refractivity (Wildman–Crippen MR) is 57.7 cm³/mol. The number of nitrogens with two attached hydrogens (primary N) is 1. The maximum absolute atomic E-state index is 12.0. The van der Waals surface area contributed by atoms with E-state index in [4.69, 9.17) is 5.73 Å². The summed E-state index contributed by atoms with van der Waals surface area (Å²) >= 11 is 0. The fourth-order valence-corrected chi connectivity index (χ4v) is 1.67. The van der Waals surface area contributed by atoms with E-state index in [0.29, 0.717) is 13.0 Å². The van der Waals surface area contributed by atoms with Gasteiger partial charge in [-0.2, -0.15) is 8.78 Å². The molecule has 0 heterocycles. The van der Waals surface area contributed by atoms with Crippen molar-refractivity contribution in [2.45, 2.75) is 12.2 Å². The molecular formula is C9H12F2N2O2S. The van der Waals surface area contributed by atoms with Gasteiger partial charge in [-0.25, -0.2) is 8.42 Å². The van der Waals surface area contributed by atoms with Crippen molar-refractivity contribution in [1.82, 2.24) is 0 Å². The largest absolute Gasteiger partial charge is 0.355 e. The van der Waals surface area contributed by atoms with Gasteiger partial charge >= 0.3 is 5.76 Å². The van der Waals surface area contributed by atoms with Gasteiger partial charge in [-0.3, -0.25) is 4.72 Å². The van der Waals surface area contributed by atoms with Gasteiger partial charge in [0.2, 0.25) is 0 Å². The maximum Gasteiger partial charge on any atom is 0.355 e. The molecule has 0 radical (unpaired) electrons. The number of hydrogen-bond acceptors (Lipinski definition) is 3. The Morgan fingerprint density at radius 1 is 1.25 bits per heavy atom. The first kappa shape index (κ1) is 12.9. The van der Waals surface area contributed by atoms with Crippen molar-refractivity contribution in [3.63, 3.8) is 0 Å². The van der Waals surface area contributed by atoms with Gasteiger partial charge in [-0.15, -0.1) is 0 Å². The first-order valence-electron chi connectivity index (χ1n) is 4.54. The molecule has 1 aromatic rings. The van der Waals surface area contributed by atoms with Gasteiger partial charge in [0.05, 0.1) is 0 Å². The average Bonchev–Trinajstić information content (AvgIpc) is 2.21. The molecule has 0 unspecified atom stereocenters. The molecule has 7 heteroatoms. The summed E-state index contributed by atoms with van der Waals surface area (Å²) < 4.78 is 47.5. The number of hydrogen-bond donors (Lipinski definition) is 2. The molecule has 0 amide bonds. The molecule has 4 nitrogen and oxygen atoms in total. The van der Waals surface area contributed by atoms with Crippen LogP contribution in [0.25, 0.3) is 0 Å². The first-order chi connectivity index (χ1) is 7.45. The Morgan fingerprint density at radius 3 is 2.25 bits per heavy atom. The van der Waals surface area contributed by atoms with Gasteiger partial charge in [0, 0.05) is 5.69 Å². The van der Waals surface area contributed by atoms with E-state index in [1.807, 2.05) is 0 Å². The molecule has 0 aromatic heterocycles. The fourth-order valence-electron chi connectivity index (χ4n) is 1.11. The van der Waals surface area contributed by atoms with Crippen LogP contribution in [0.15, 0.2) is 24.3 Å².